The van der Waals surface area contributed by atoms with Gasteiger partial charge in [-0.05, 0) is 54.1 Å². The molecule has 5 aromatic rings. The van der Waals surface area contributed by atoms with E-state index in [2.05, 4.69) is 55.1 Å². The molecule has 0 bridgehead atoms. The van der Waals surface area contributed by atoms with E-state index in [1.54, 1.807) is 24.7 Å². The van der Waals surface area contributed by atoms with Crippen molar-refractivity contribution in [1.29, 1.82) is 5.26 Å². The highest BCUT2D eigenvalue weighted by Crippen LogP contribution is 2.30. The molecule has 37 heavy (non-hydrogen) atoms. The predicted molar refractivity (Wildman–Crippen MR) is 143 cm³/mol. The van der Waals surface area contributed by atoms with Gasteiger partial charge in [-0.1, -0.05) is 12.1 Å². The van der Waals surface area contributed by atoms with Crippen LogP contribution in [0.2, 0.25) is 0 Å². The van der Waals surface area contributed by atoms with Crippen LogP contribution in [0.1, 0.15) is 11.1 Å². The summed E-state index contributed by atoms with van der Waals surface area (Å²) < 4.78 is 2.04. The average molecular weight is 488 g/mol. The second-order valence-corrected chi connectivity index (χ2v) is 9.00. The quantitative estimate of drug-likeness (QED) is 0.400. The smallest absolute Gasteiger partial charge is 0.164 e. The zero-order chi connectivity index (χ0) is 25.2. The summed E-state index contributed by atoms with van der Waals surface area (Å²) in [5.74, 6) is 2.02. The number of benzene rings is 1. The van der Waals surface area contributed by atoms with E-state index >= 15 is 0 Å². The molecule has 9 heteroatoms. The van der Waals surface area contributed by atoms with Crippen LogP contribution >= 0.6 is 0 Å². The second kappa shape index (κ2) is 9.68. The minimum absolute atomic E-state index is 0.435. The summed E-state index contributed by atoms with van der Waals surface area (Å²) in [7, 11) is 0. The lowest BCUT2D eigenvalue weighted by Crippen LogP contribution is -2.46. The van der Waals surface area contributed by atoms with Gasteiger partial charge in [0.2, 0.25) is 0 Å². The van der Waals surface area contributed by atoms with Crippen LogP contribution < -0.4 is 10.6 Å². The van der Waals surface area contributed by atoms with Crippen molar-refractivity contribution in [2.75, 3.05) is 36.8 Å². The van der Waals surface area contributed by atoms with Gasteiger partial charge in [0.05, 0.1) is 17.2 Å². The summed E-state index contributed by atoms with van der Waals surface area (Å²) in [4.78, 5) is 22.8. The first-order chi connectivity index (χ1) is 18.2. The molecular weight excluding hydrogens is 462 g/mol. The minimum Gasteiger partial charge on any atom is -0.383 e. The third kappa shape index (κ3) is 4.46. The van der Waals surface area contributed by atoms with Crippen molar-refractivity contribution in [3.8, 4) is 23.1 Å². The summed E-state index contributed by atoms with van der Waals surface area (Å²) >= 11 is 0. The Morgan fingerprint density at radius 3 is 2.43 bits per heavy atom. The number of nitrogens with zero attached hydrogens (tertiary/aromatic N) is 8. The van der Waals surface area contributed by atoms with Crippen molar-refractivity contribution in [2.24, 2.45) is 0 Å². The van der Waals surface area contributed by atoms with Crippen molar-refractivity contribution in [3.63, 3.8) is 0 Å². The van der Waals surface area contributed by atoms with Crippen LogP contribution in [0.3, 0.4) is 0 Å². The summed E-state index contributed by atoms with van der Waals surface area (Å²) in [5, 5.41) is 9.16. The Morgan fingerprint density at radius 1 is 0.865 bits per heavy atom. The maximum atomic E-state index is 9.16. The number of nitrogens with two attached hydrogens (primary N) is 1. The SMILES string of the molecule is N#Cc1ccnc(N2CCN(Cc3ccc(-n4c(-c5cccnc5N)nc5cccnc54)cc3)CC2)c1. The van der Waals surface area contributed by atoms with E-state index in [9.17, 15) is 0 Å². The van der Waals surface area contributed by atoms with Gasteiger partial charge in [0.1, 0.15) is 17.2 Å². The molecule has 4 aromatic heterocycles. The topological polar surface area (TPSA) is 113 Å². The summed E-state index contributed by atoms with van der Waals surface area (Å²) in [6, 6.07) is 21.9. The molecule has 2 N–H and O–H groups in total. The van der Waals surface area contributed by atoms with Gasteiger partial charge in [0, 0.05) is 57.0 Å². The van der Waals surface area contributed by atoms with Crippen LogP contribution in [0.15, 0.2) is 79.3 Å². The van der Waals surface area contributed by atoms with Gasteiger partial charge < -0.3 is 10.6 Å². The number of piperazine rings is 1. The van der Waals surface area contributed by atoms with E-state index in [0.717, 1.165) is 66.8 Å². The lowest BCUT2D eigenvalue weighted by Gasteiger charge is -2.35. The number of fused-ring (bicyclic) bond motifs is 1. The van der Waals surface area contributed by atoms with E-state index in [4.69, 9.17) is 16.0 Å². The zero-order valence-electron chi connectivity index (χ0n) is 20.2. The van der Waals surface area contributed by atoms with Crippen molar-refractivity contribution in [1.82, 2.24) is 29.4 Å². The first-order valence-corrected chi connectivity index (χ1v) is 12.2. The Hall–Kier alpha value is -4.81. The maximum Gasteiger partial charge on any atom is 0.164 e. The minimum atomic E-state index is 0.435. The van der Waals surface area contributed by atoms with E-state index in [1.807, 2.05) is 34.9 Å². The normalized spacial score (nSPS) is 14.1. The Bertz CT molecular complexity index is 1590. The monoisotopic (exact) mass is 487 g/mol. The van der Waals surface area contributed by atoms with Crippen LogP contribution in [0.5, 0.6) is 0 Å². The number of hydrogen-bond acceptors (Lipinski definition) is 8. The molecule has 0 unspecified atom stereocenters. The number of rotatable bonds is 5. The van der Waals surface area contributed by atoms with Gasteiger partial charge in [-0.25, -0.2) is 19.9 Å². The molecule has 0 radical (unpaired) electrons. The highest BCUT2D eigenvalue weighted by Gasteiger charge is 2.20. The van der Waals surface area contributed by atoms with Crippen LogP contribution in [0, 0.1) is 11.3 Å². The maximum absolute atomic E-state index is 9.16. The molecule has 1 fully saturated rings. The van der Waals surface area contributed by atoms with Gasteiger partial charge in [0.15, 0.2) is 11.5 Å². The number of imidazole rings is 1. The molecule has 0 amide bonds. The van der Waals surface area contributed by atoms with E-state index < -0.39 is 0 Å². The number of nitriles is 1. The zero-order valence-corrected chi connectivity index (χ0v) is 20.2. The van der Waals surface area contributed by atoms with Gasteiger partial charge in [-0.2, -0.15) is 5.26 Å². The van der Waals surface area contributed by atoms with Crippen molar-refractivity contribution < 1.29 is 0 Å². The van der Waals surface area contributed by atoms with E-state index in [1.165, 1.54) is 5.56 Å². The molecule has 0 aliphatic carbocycles. The number of hydrogen-bond donors (Lipinski definition) is 1. The summed E-state index contributed by atoms with van der Waals surface area (Å²) in [5.41, 5.74) is 11.4. The highest BCUT2D eigenvalue weighted by molar-refractivity contribution is 5.82. The molecule has 0 atom stereocenters. The number of nitrogen functional groups attached to an aromatic ring is 1. The Morgan fingerprint density at radius 2 is 1.65 bits per heavy atom. The molecule has 0 saturated carbocycles. The third-order valence-corrected chi connectivity index (χ3v) is 6.67. The van der Waals surface area contributed by atoms with Crippen LogP contribution in [-0.4, -0.2) is 55.6 Å². The van der Waals surface area contributed by atoms with Crippen LogP contribution in [0.4, 0.5) is 11.6 Å². The first kappa shape index (κ1) is 22.6. The largest absolute Gasteiger partial charge is 0.383 e. The number of anilines is 2. The van der Waals surface area contributed by atoms with Crippen LogP contribution in [-0.2, 0) is 6.54 Å². The van der Waals surface area contributed by atoms with E-state index in [-0.39, 0.29) is 0 Å². The molecule has 182 valence electrons. The number of pyridine rings is 3. The Labute approximate surface area is 214 Å². The van der Waals surface area contributed by atoms with Gasteiger partial charge >= 0.3 is 0 Å². The standard InChI is InChI=1S/C28H25N9/c29-18-21-9-12-31-25(17-21)36-15-13-35(14-16-36)19-20-5-7-22(8-6-20)37-27(23-3-1-10-32-26(23)30)34-24-4-2-11-33-28(24)37/h1-12,17H,13-16,19H2,(H2,30,32). The summed E-state index contributed by atoms with van der Waals surface area (Å²) in [6.07, 6.45) is 5.16. The fourth-order valence-corrected chi connectivity index (χ4v) is 4.75. The van der Waals surface area contributed by atoms with E-state index in [0.29, 0.717) is 11.4 Å². The predicted octanol–water partition coefficient (Wildman–Crippen LogP) is 3.65. The molecule has 0 spiro atoms. The summed E-state index contributed by atoms with van der Waals surface area (Å²) in [6.45, 7) is 4.48. The van der Waals surface area contributed by atoms with Crippen molar-refractivity contribution in [3.05, 3.63) is 90.4 Å². The first-order valence-electron chi connectivity index (χ1n) is 12.2. The molecular formula is C28H25N9. The molecule has 1 aromatic carbocycles. The molecule has 5 heterocycles. The Balaban J connectivity index is 1.21. The molecule has 9 nitrogen and oxygen atoms in total. The lowest BCUT2D eigenvalue weighted by atomic mass is 10.1. The molecule has 1 aliphatic heterocycles. The number of aromatic nitrogens is 5. The van der Waals surface area contributed by atoms with Crippen molar-refractivity contribution in [2.45, 2.75) is 6.54 Å². The second-order valence-electron chi connectivity index (χ2n) is 9.00. The van der Waals surface area contributed by atoms with Gasteiger partial charge in [-0.3, -0.25) is 9.47 Å². The molecule has 1 aliphatic rings. The highest BCUT2D eigenvalue weighted by atomic mass is 15.3. The molecule has 1 saturated heterocycles. The van der Waals surface area contributed by atoms with Gasteiger partial charge in [-0.15, -0.1) is 0 Å². The van der Waals surface area contributed by atoms with Crippen LogP contribution in [0.25, 0.3) is 28.2 Å². The lowest BCUT2D eigenvalue weighted by molar-refractivity contribution is 0.249. The van der Waals surface area contributed by atoms with Crippen molar-refractivity contribution >= 4 is 22.8 Å². The third-order valence-electron chi connectivity index (χ3n) is 6.67. The fourth-order valence-electron chi connectivity index (χ4n) is 4.75. The van der Waals surface area contributed by atoms with Gasteiger partial charge in [0.25, 0.3) is 0 Å². The Kier molecular flexibility index (Phi) is 5.92. The molecule has 6 rings (SSSR count). The fraction of sp³-hybridized carbons (Fsp3) is 0.179. The average Bonchev–Trinajstić information content (AvgIpc) is 3.33.